The Morgan fingerprint density at radius 3 is 2.42 bits per heavy atom. The van der Waals surface area contributed by atoms with Crippen molar-refractivity contribution in [3.8, 4) is 11.5 Å². The topological polar surface area (TPSA) is 18.5 Å². The van der Waals surface area contributed by atoms with Crippen LogP contribution < -0.4 is 9.47 Å². The van der Waals surface area contributed by atoms with Crippen LogP contribution in [0.3, 0.4) is 0 Å². The van der Waals surface area contributed by atoms with Gasteiger partial charge in [0.25, 0.3) is 0 Å². The summed E-state index contributed by atoms with van der Waals surface area (Å²) in [5.41, 5.74) is 1.13. The Labute approximate surface area is 121 Å². The van der Waals surface area contributed by atoms with Gasteiger partial charge in [0.05, 0.1) is 19.6 Å². The molecule has 1 aromatic carbocycles. The fraction of sp³-hybridized carbons (Fsp3) is 0.625. The van der Waals surface area contributed by atoms with E-state index in [4.69, 9.17) is 21.1 Å². The summed E-state index contributed by atoms with van der Waals surface area (Å²) < 4.78 is 10.6. The summed E-state index contributed by atoms with van der Waals surface area (Å²) in [5.74, 6) is 2.30. The summed E-state index contributed by atoms with van der Waals surface area (Å²) in [4.78, 5) is 0. The third-order valence-corrected chi connectivity index (χ3v) is 4.46. The maximum atomic E-state index is 6.57. The molecule has 0 heterocycles. The molecule has 1 aromatic rings. The predicted octanol–water partition coefficient (Wildman–Crippen LogP) is 4.95. The Hall–Kier alpha value is -0.890. The van der Waals surface area contributed by atoms with Crippen molar-refractivity contribution in [2.24, 2.45) is 5.92 Å². The molecule has 0 bridgehead atoms. The van der Waals surface area contributed by atoms with Crippen molar-refractivity contribution < 1.29 is 9.47 Å². The van der Waals surface area contributed by atoms with Crippen LogP contribution >= 0.6 is 11.6 Å². The van der Waals surface area contributed by atoms with Crippen molar-refractivity contribution in [2.45, 2.75) is 43.9 Å². The summed E-state index contributed by atoms with van der Waals surface area (Å²) >= 11 is 6.57. The van der Waals surface area contributed by atoms with Crippen molar-refractivity contribution in [3.63, 3.8) is 0 Å². The number of rotatable bonds is 5. The second kappa shape index (κ2) is 7.04. The maximum absolute atomic E-state index is 6.57. The standard InChI is InChI=1S/C16H23ClO2/c1-18-15-9-8-13(11-16(15)19-2)14(17)10-12-6-4-3-5-7-12/h8-9,11-12,14H,3-7,10H2,1-2H3. The zero-order valence-corrected chi connectivity index (χ0v) is 12.6. The molecule has 0 N–H and O–H groups in total. The molecule has 0 spiro atoms. The molecular formula is C16H23ClO2. The fourth-order valence-corrected chi connectivity index (χ4v) is 3.29. The largest absolute Gasteiger partial charge is 0.493 e. The van der Waals surface area contributed by atoms with E-state index in [1.165, 1.54) is 32.1 Å². The van der Waals surface area contributed by atoms with Gasteiger partial charge in [0.1, 0.15) is 0 Å². The minimum Gasteiger partial charge on any atom is -0.493 e. The van der Waals surface area contributed by atoms with Crippen molar-refractivity contribution in [1.82, 2.24) is 0 Å². The molecule has 2 rings (SSSR count). The van der Waals surface area contributed by atoms with E-state index in [0.29, 0.717) is 0 Å². The highest BCUT2D eigenvalue weighted by atomic mass is 35.5. The highest BCUT2D eigenvalue weighted by molar-refractivity contribution is 6.20. The first kappa shape index (κ1) is 14.5. The van der Waals surface area contributed by atoms with E-state index < -0.39 is 0 Å². The van der Waals surface area contributed by atoms with Crippen molar-refractivity contribution >= 4 is 11.6 Å². The van der Waals surface area contributed by atoms with E-state index in [1.54, 1.807) is 14.2 Å². The summed E-state index contributed by atoms with van der Waals surface area (Å²) in [6.07, 6.45) is 7.84. The van der Waals surface area contributed by atoms with E-state index in [-0.39, 0.29) is 5.38 Å². The van der Waals surface area contributed by atoms with E-state index in [1.807, 2.05) is 18.2 Å². The van der Waals surface area contributed by atoms with Gasteiger partial charge < -0.3 is 9.47 Å². The zero-order chi connectivity index (χ0) is 13.7. The van der Waals surface area contributed by atoms with Crippen molar-refractivity contribution in [2.75, 3.05) is 14.2 Å². The van der Waals surface area contributed by atoms with Crippen LogP contribution in [0.15, 0.2) is 18.2 Å². The lowest BCUT2D eigenvalue weighted by Gasteiger charge is -2.24. The Bertz CT molecular complexity index is 400. The second-order valence-corrected chi connectivity index (χ2v) is 5.85. The van der Waals surface area contributed by atoms with E-state index in [9.17, 15) is 0 Å². The lowest BCUT2D eigenvalue weighted by molar-refractivity contribution is 0.335. The zero-order valence-electron chi connectivity index (χ0n) is 11.8. The Kier molecular flexibility index (Phi) is 5.38. The Morgan fingerprint density at radius 2 is 1.79 bits per heavy atom. The molecule has 2 nitrogen and oxygen atoms in total. The molecule has 0 saturated heterocycles. The summed E-state index contributed by atoms with van der Waals surface area (Å²) in [6, 6.07) is 5.98. The molecule has 1 atom stereocenters. The molecule has 0 aliphatic heterocycles. The van der Waals surface area contributed by atoms with Gasteiger partial charge in [-0.3, -0.25) is 0 Å². The molecule has 1 aliphatic carbocycles. The lowest BCUT2D eigenvalue weighted by atomic mass is 9.85. The third-order valence-electron chi connectivity index (χ3n) is 4.03. The smallest absolute Gasteiger partial charge is 0.161 e. The van der Waals surface area contributed by atoms with Gasteiger partial charge in [-0.15, -0.1) is 11.6 Å². The first-order valence-corrected chi connectivity index (χ1v) is 7.54. The second-order valence-electron chi connectivity index (χ2n) is 5.32. The van der Waals surface area contributed by atoms with Crippen LogP contribution in [-0.2, 0) is 0 Å². The van der Waals surface area contributed by atoms with Gasteiger partial charge in [0.2, 0.25) is 0 Å². The number of alkyl halides is 1. The number of hydrogen-bond acceptors (Lipinski definition) is 2. The molecule has 0 amide bonds. The molecule has 1 aliphatic rings. The van der Waals surface area contributed by atoms with Gasteiger partial charge in [-0.2, -0.15) is 0 Å². The molecular weight excluding hydrogens is 260 g/mol. The SMILES string of the molecule is COc1ccc(C(Cl)CC2CCCCC2)cc1OC. The molecule has 1 saturated carbocycles. The highest BCUT2D eigenvalue weighted by Gasteiger charge is 2.19. The Morgan fingerprint density at radius 1 is 1.11 bits per heavy atom. The van der Waals surface area contributed by atoms with Crippen LogP contribution in [0.5, 0.6) is 11.5 Å². The van der Waals surface area contributed by atoms with Crippen LogP contribution in [0.4, 0.5) is 0 Å². The van der Waals surface area contributed by atoms with Crippen LogP contribution in [0, 0.1) is 5.92 Å². The van der Waals surface area contributed by atoms with E-state index >= 15 is 0 Å². The van der Waals surface area contributed by atoms with E-state index in [2.05, 4.69) is 0 Å². The lowest BCUT2D eigenvalue weighted by Crippen LogP contribution is -2.09. The Balaban J connectivity index is 2.03. The summed E-state index contributed by atoms with van der Waals surface area (Å²) in [7, 11) is 3.31. The van der Waals surface area contributed by atoms with Crippen LogP contribution in [-0.4, -0.2) is 14.2 Å². The fourth-order valence-electron chi connectivity index (χ4n) is 2.90. The van der Waals surface area contributed by atoms with Gasteiger partial charge >= 0.3 is 0 Å². The number of hydrogen-bond donors (Lipinski definition) is 0. The first-order chi connectivity index (χ1) is 9.24. The minimum atomic E-state index is 0.0721. The molecule has 19 heavy (non-hydrogen) atoms. The average molecular weight is 283 g/mol. The van der Waals surface area contributed by atoms with Crippen LogP contribution in [0.2, 0.25) is 0 Å². The number of benzene rings is 1. The third kappa shape index (κ3) is 3.79. The van der Waals surface area contributed by atoms with E-state index in [0.717, 1.165) is 29.4 Å². The number of ether oxygens (including phenoxy) is 2. The molecule has 0 radical (unpaired) electrons. The molecule has 3 heteroatoms. The highest BCUT2D eigenvalue weighted by Crippen LogP contribution is 2.38. The van der Waals surface area contributed by atoms with Crippen molar-refractivity contribution in [1.29, 1.82) is 0 Å². The van der Waals surface area contributed by atoms with Gasteiger partial charge in [0, 0.05) is 0 Å². The van der Waals surface area contributed by atoms with Gasteiger partial charge in [-0.05, 0) is 30.0 Å². The molecule has 106 valence electrons. The molecule has 0 aromatic heterocycles. The minimum absolute atomic E-state index is 0.0721. The van der Waals surface area contributed by atoms with Crippen molar-refractivity contribution in [3.05, 3.63) is 23.8 Å². The van der Waals surface area contributed by atoms with Gasteiger partial charge in [0.15, 0.2) is 11.5 Å². The van der Waals surface area contributed by atoms with Gasteiger partial charge in [-0.1, -0.05) is 38.2 Å². The van der Waals surface area contributed by atoms with Gasteiger partial charge in [-0.25, -0.2) is 0 Å². The summed E-state index contributed by atoms with van der Waals surface area (Å²) in [5, 5.41) is 0.0721. The summed E-state index contributed by atoms with van der Waals surface area (Å²) in [6.45, 7) is 0. The number of methoxy groups -OCH3 is 2. The maximum Gasteiger partial charge on any atom is 0.161 e. The predicted molar refractivity (Wildman–Crippen MR) is 79.3 cm³/mol. The normalized spacial score (nSPS) is 18.1. The van der Waals surface area contributed by atoms with Crippen LogP contribution in [0.1, 0.15) is 49.5 Å². The monoisotopic (exact) mass is 282 g/mol. The first-order valence-electron chi connectivity index (χ1n) is 7.10. The molecule has 1 unspecified atom stereocenters. The number of halogens is 1. The average Bonchev–Trinajstić information content (AvgIpc) is 2.47. The quantitative estimate of drug-likeness (QED) is 0.711. The molecule has 1 fully saturated rings. The van der Waals surface area contributed by atoms with Crippen LogP contribution in [0.25, 0.3) is 0 Å².